The second kappa shape index (κ2) is 8.21. The molecule has 2 N–H and O–H groups in total. The molecule has 0 aliphatic carbocycles. The summed E-state index contributed by atoms with van der Waals surface area (Å²) in [4.78, 5) is 29.6. The quantitative estimate of drug-likeness (QED) is 0.595. The lowest BCUT2D eigenvalue weighted by Crippen LogP contribution is -2.42. The molecule has 3 aromatic rings. The monoisotopic (exact) mass is 409 g/mol. The molecule has 0 atom stereocenters. The summed E-state index contributed by atoms with van der Waals surface area (Å²) >= 11 is 6.05. The van der Waals surface area contributed by atoms with E-state index in [2.05, 4.69) is 15.6 Å². The number of carbonyl (C=O) groups is 2. The third kappa shape index (κ3) is 4.93. The van der Waals surface area contributed by atoms with E-state index in [1.54, 1.807) is 49.4 Å². The summed E-state index contributed by atoms with van der Waals surface area (Å²) in [5, 5.41) is 7.25. The molecule has 2 amide bonds. The first-order valence-corrected chi connectivity index (χ1v) is 9.87. The lowest BCUT2D eigenvalue weighted by Gasteiger charge is -2.24. The molecular formula is C23H24ClN3O2. The maximum Gasteiger partial charge on any atom is 0.257 e. The van der Waals surface area contributed by atoms with Gasteiger partial charge in [0.05, 0.1) is 16.8 Å². The van der Waals surface area contributed by atoms with E-state index in [9.17, 15) is 9.59 Å². The minimum Gasteiger partial charge on any atom is -0.347 e. The summed E-state index contributed by atoms with van der Waals surface area (Å²) in [6, 6.07) is 14.0. The molecule has 0 aliphatic rings. The second-order valence-electron chi connectivity index (χ2n) is 7.68. The number of fused-ring (bicyclic) bond motifs is 1. The normalized spacial score (nSPS) is 11.3. The van der Waals surface area contributed by atoms with Gasteiger partial charge in [0.25, 0.3) is 11.8 Å². The average molecular weight is 410 g/mol. The van der Waals surface area contributed by atoms with Crippen molar-refractivity contribution < 1.29 is 9.59 Å². The van der Waals surface area contributed by atoms with Crippen molar-refractivity contribution in [1.82, 2.24) is 10.3 Å². The van der Waals surface area contributed by atoms with E-state index < -0.39 is 0 Å². The van der Waals surface area contributed by atoms with Gasteiger partial charge in [0.15, 0.2) is 0 Å². The van der Waals surface area contributed by atoms with Crippen LogP contribution in [0.15, 0.2) is 48.5 Å². The van der Waals surface area contributed by atoms with Crippen LogP contribution < -0.4 is 10.6 Å². The van der Waals surface area contributed by atoms with Crippen molar-refractivity contribution in [3.05, 3.63) is 70.4 Å². The van der Waals surface area contributed by atoms with Crippen molar-refractivity contribution in [2.24, 2.45) is 0 Å². The van der Waals surface area contributed by atoms with E-state index in [0.29, 0.717) is 27.5 Å². The van der Waals surface area contributed by atoms with Crippen molar-refractivity contribution in [2.45, 2.75) is 39.7 Å². The second-order valence-corrected chi connectivity index (χ2v) is 8.12. The Balaban J connectivity index is 1.76. The van der Waals surface area contributed by atoms with E-state index >= 15 is 0 Å². The van der Waals surface area contributed by atoms with Crippen LogP contribution in [0.4, 0.5) is 5.69 Å². The molecule has 6 heteroatoms. The van der Waals surface area contributed by atoms with Gasteiger partial charge in [-0.2, -0.15) is 0 Å². The summed E-state index contributed by atoms with van der Waals surface area (Å²) in [5.41, 5.74) is 2.78. The number of aromatic nitrogens is 1. The largest absolute Gasteiger partial charge is 0.347 e. The third-order valence-corrected chi connectivity index (χ3v) is 5.19. The first-order valence-electron chi connectivity index (χ1n) is 9.49. The summed E-state index contributed by atoms with van der Waals surface area (Å²) in [6.45, 7) is 7.78. The summed E-state index contributed by atoms with van der Waals surface area (Å²) in [7, 11) is 0. The van der Waals surface area contributed by atoms with E-state index in [1.807, 2.05) is 26.8 Å². The van der Waals surface area contributed by atoms with Crippen LogP contribution in [0.25, 0.3) is 10.9 Å². The van der Waals surface area contributed by atoms with Crippen LogP contribution in [0.2, 0.25) is 5.02 Å². The number of hydrogen-bond acceptors (Lipinski definition) is 3. The Morgan fingerprint density at radius 2 is 1.72 bits per heavy atom. The summed E-state index contributed by atoms with van der Waals surface area (Å²) in [6.07, 6.45) is 0.831. The number of halogens is 1. The van der Waals surface area contributed by atoms with Gasteiger partial charge in [-0.05, 0) is 75.7 Å². The predicted octanol–water partition coefficient (Wildman–Crippen LogP) is 5.37. The number of benzene rings is 2. The highest BCUT2D eigenvalue weighted by molar-refractivity contribution is 6.31. The van der Waals surface area contributed by atoms with Gasteiger partial charge in [0, 0.05) is 27.2 Å². The van der Waals surface area contributed by atoms with Crippen molar-refractivity contribution in [3.8, 4) is 0 Å². The van der Waals surface area contributed by atoms with Gasteiger partial charge >= 0.3 is 0 Å². The predicted molar refractivity (Wildman–Crippen MR) is 118 cm³/mol. The lowest BCUT2D eigenvalue weighted by atomic mass is 10.0. The van der Waals surface area contributed by atoms with Crippen molar-refractivity contribution >= 4 is 40.0 Å². The molecule has 0 saturated carbocycles. The Labute approximate surface area is 175 Å². The lowest BCUT2D eigenvalue weighted by molar-refractivity contribution is 0.0911. The zero-order valence-corrected chi connectivity index (χ0v) is 17.7. The molecule has 29 heavy (non-hydrogen) atoms. The van der Waals surface area contributed by atoms with Crippen LogP contribution in [0.1, 0.15) is 53.6 Å². The zero-order chi connectivity index (χ0) is 21.2. The molecule has 0 fully saturated rings. The number of pyridine rings is 1. The molecule has 0 radical (unpaired) electrons. The van der Waals surface area contributed by atoms with Gasteiger partial charge in [-0.15, -0.1) is 0 Å². The topological polar surface area (TPSA) is 71.1 Å². The van der Waals surface area contributed by atoms with E-state index in [-0.39, 0.29) is 17.4 Å². The maximum atomic E-state index is 12.7. The smallest absolute Gasteiger partial charge is 0.257 e. The van der Waals surface area contributed by atoms with Crippen molar-refractivity contribution in [3.63, 3.8) is 0 Å². The number of nitrogens with zero attached hydrogens (tertiary/aromatic N) is 1. The van der Waals surface area contributed by atoms with Crippen LogP contribution in [0.5, 0.6) is 0 Å². The highest BCUT2D eigenvalue weighted by Gasteiger charge is 2.19. The first kappa shape index (κ1) is 20.8. The van der Waals surface area contributed by atoms with E-state index in [4.69, 9.17) is 11.6 Å². The van der Waals surface area contributed by atoms with Gasteiger partial charge in [0.1, 0.15) is 0 Å². The Kier molecular flexibility index (Phi) is 5.89. The molecule has 1 aromatic heterocycles. The number of carbonyl (C=O) groups excluding carboxylic acids is 2. The van der Waals surface area contributed by atoms with E-state index in [0.717, 1.165) is 17.3 Å². The summed E-state index contributed by atoms with van der Waals surface area (Å²) < 4.78 is 0. The molecule has 0 aliphatic heterocycles. The van der Waals surface area contributed by atoms with Gasteiger partial charge in [-0.1, -0.05) is 18.5 Å². The van der Waals surface area contributed by atoms with Crippen LogP contribution >= 0.6 is 11.6 Å². The molecule has 150 valence electrons. The standard InChI is InChI=1S/C23H24ClN3O2/c1-5-23(3,4)27-21(28)15-6-9-18(10-7-15)26-22(29)19-13-16-12-17(24)8-11-20(16)25-14(19)2/h6-13H,5H2,1-4H3,(H,26,29)(H,27,28). The number of aryl methyl sites for hydroxylation is 1. The molecule has 0 saturated heterocycles. The Morgan fingerprint density at radius 3 is 2.38 bits per heavy atom. The highest BCUT2D eigenvalue weighted by Crippen LogP contribution is 2.22. The number of hydrogen-bond donors (Lipinski definition) is 2. The molecular weight excluding hydrogens is 386 g/mol. The number of rotatable bonds is 5. The summed E-state index contributed by atoms with van der Waals surface area (Å²) in [5.74, 6) is -0.401. The highest BCUT2D eigenvalue weighted by atomic mass is 35.5. The number of anilines is 1. The molecule has 2 aromatic carbocycles. The van der Waals surface area contributed by atoms with Crippen LogP contribution in [-0.2, 0) is 0 Å². The fourth-order valence-corrected chi connectivity index (χ4v) is 3.03. The molecule has 5 nitrogen and oxygen atoms in total. The Hall–Kier alpha value is -2.92. The Morgan fingerprint density at radius 1 is 1.03 bits per heavy atom. The molecule has 3 rings (SSSR count). The fraction of sp³-hybridized carbons (Fsp3) is 0.261. The molecule has 0 unspecified atom stereocenters. The minimum absolute atomic E-state index is 0.138. The van der Waals surface area contributed by atoms with Gasteiger partial charge in [0.2, 0.25) is 0 Å². The average Bonchev–Trinajstić information content (AvgIpc) is 2.68. The van der Waals surface area contributed by atoms with Gasteiger partial charge < -0.3 is 10.6 Å². The maximum absolute atomic E-state index is 12.7. The number of nitrogens with one attached hydrogen (secondary N) is 2. The zero-order valence-electron chi connectivity index (χ0n) is 17.0. The molecule has 0 bridgehead atoms. The number of amides is 2. The van der Waals surface area contributed by atoms with E-state index in [1.165, 1.54) is 0 Å². The minimum atomic E-state index is -0.270. The van der Waals surface area contributed by atoms with Gasteiger partial charge in [-0.25, -0.2) is 0 Å². The van der Waals surface area contributed by atoms with Crippen molar-refractivity contribution in [2.75, 3.05) is 5.32 Å². The van der Waals surface area contributed by atoms with Crippen molar-refractivity contribution in [1.29, 1.82) is 0 Å². The van der Waals surface area contributed by atoms with Crippen LogP contribution in [-0.4, -0.2) is 22.3 Å². The van der Waals surface area contributed by atoms with Crippen LogP contribution in [0.3, 0.4) is 0 Å². The SMILES string of the molecule is CCC(C)(C)NC(=O)c1ccc(NC(=O)c2cc3cc(Cl)ccc3nc2C)cc1. The fourth-order valence-electron chi connectivity index (χ4n) is 2.84. The third-order valence-electron chi connectivity index (χ3n) is 4.95. The molecule has 1 heterocycles. The van der Waals surface area contributed by atoms with Crippen LogP contribution in [0, 0.1) is 6.92 Å². The Bertz CT molecular complexity index is 1080. The first-order chi connectivity index (χ1) is 13.7. The van der Waals surface area contributed by atoms with Gasteiger partial charge in [-0.3, -0.25) is 14.6 Å². The molecule has 0 spiro atoms.